The maximum absolute atomic E-state index is 5.54. The van der Waals surface area contributed by atoms with Crippen molar-refractivity contribution < 1.29 is 9.47 Å². The summed E-state index contributed by atoms with van der Waals surface area (Å²) in [5.41, 5.74) is 0.454. The Morgan fingerprint density at radius 3 is 2.41 bits per heavy atom. The Balaban J connectivity index is 2.51. The Morgan fingerprint density at radius 2 is 1.88 bits per heavy atom. The van der Waals surface area contributed by atoms with E-state index in [1.54, 1.807) is 7.11 Å². The zero-order valence-electron chi connectivity index (χ0n) is 11.8. The summed E-state index contributed by atoms with van der Waals surface area (Å²) >= 11 is 0. The normalized spacial score (nSPS) is 19.8. The number of methoxy groups -OCH3 is 1. The fourth-order valence-electron chi connectivity index (χ4n) is 3.17. The van der Waals surface area contributed by atoms with Crippen LogP contribution in [0.15, 0.2) is 0 Å². The zero-order chi connectivity index (χ0) is 12.6. The third kappa shape index (κ3) is 4.23. The SMILES string of the molecule is CCC(CC)C1(CNCCOC)CCOCC1. The molecule has 1 fully saturated rings. The lowest BCUT2D eigenvalue weighted by Gasteiger charge is -2.43. The van der Waals surface area contributed by atoms with Gasteiger partial charge in [-0.1, -0.05) is 26.7 Å². The van der Waals surface area contributed by atoms with E-state index in [2.05, 4.69) is 19.2 Å². The van der Waals surface area contributed by atoms with E-state index in [0.29, 0.717) is 5.41 Å². The third-order valence-corrected chi connectivity index (χ3v) is 4.30. The highest BCUT2D eigenvalue weighted by atomic mass is 16.5. The van der Waals surface area contributed by atoms with Crippen molar-refractivity contribution in [2.45, 2.75) is 39.5 Å². The lowest BCUT2D eigenvalue weighted by atomic mass is 9.67. The fraction of sp³-hybridized carbons (Fsp3) is 1.00. The second-order valence-corrected chi connectivity index (χ2v) is 5.16. The zero-order valence-corrected chi connectivity index (χ0v) is 11.8. The number of nitrogens with one attached hydrogen (secondary N) is 1. The maximum Gasteiger partial charge on any atom is 0.0587 e. The summed E-state index contributed by atoms with van der Waals surface area (Å²) < 4.78 is 10.6. The van der Waals surface area contributed by atoms with Crippen molar-refractivity contribution in [2.75, 3.05) is 40.0 Å². The summed E-state index contributed by atoms with van der Waals surface area (Å²) in [6.07, 6.45) is 4.98. The van der Waals surface area contributed by atoms with Gasteiger partial charge in [0.25, 0.3) is 0 Å². The van der Waals surface area contributed by atoms with Gasteiger partial charge in [-0.3, -0.25) is 0 Å². The van der Waals surface area contributed by atoms with Crippen molar-refractivity contribution in [3.8, 4) is 0 Å². The molecule has 102 valence electrons. The number of rotatable bonds is 8. The molecule has 0 aliphatic carbocycles. The van der Waals surface area contributed by atoms with Crippen molar-refractivity contribution >= 4 is 0 Å². The van der Waals surface area contributed by atoms with Gasteiger partial charge in [0.15, 0.2) is 0 Å². The Labute approximate surface area is 106 Å². The van der Waals surface area contributed by atoms with Crippen LogP contribution in [0, 0.1) is 11.3 Å². The number of hydrogen-bond acceptors (Lipinski definition) is 3. The van der Waals surface area contributed by atoms with Crippen molar-refractivity contribution in [1.82, 2.24) is 5.32 Å². The fourth-order valence-corrected chi connectivity index (χ4v) is 3.17. The molecule has 3 heteroatoms. The summed E-state index contributed by atoms with van der Waals surface area (Å²) in [6.45, 7) is 9.38. The average molecular weight is 243 g/mol. The molecule has 0 radical (unpaired) electrons. The van der Waals surface area contributed by atoms with Crippen LogP contribution in [-0.2, 0) is 9.47 Å². The largest absolute Gasteiger partial charge is 0.383 e. The van der Waals surface area contributed by atoms with Crippen LogP contribution in [0.3, 0.4) is 0 Å². The third-order valence-electron chi connectivity index (χ3n) is 4.30. The van der Waals surface area contributed by atoms with Gasteiger partial charge in [0.1, 0.15) is 0 Å². The van der Waals surface area contributed by atoms with Gasteiger partial charge in [0.05, 0.1) is 6.61 Å². The van der Waals surface area contributed by atoms with E-state index in [0.717, 1.165) is 38.8 Å². The van der Waals surface area contributed by atoms with E-state index in [4.69, 9.17) is 9.47 Å². The first-order valence-corrected chi connectivity index (χ1v) is 7.06. The van der Waals surface area contributed by atoms with Crippen molar-refractivity contribution in [1.29, 1.82) is 0 Å². The summed E-state index contributed by atoms with van der Waals surface area (Å²) in [5, 5.41) is 3.57. The van der Waals surface area contributed by atoms with Crippen LogP contribution in [0.5, 0.6) is 0 Å². The van der Waals surface area contributed by atoms with E-state index in [1.807, 2.05) is 0 Å². The molecule has 0 unspecified atom stereocenters. The van der Waals surface area contributed by atoms with Gasteiger partial charge >= 0.3 is 0 Å². The first-order chi connectivity index (χ1) is 8.29. The highest BCUT2D eigenvalue weighted by Gasteiger charge is 2.37. The summed E-state index contributed by atoms with van der Waals surface area (Å²) in [7, 11) is 1.76. The van der Waals surface area contributed by atoms with Gasteiger partial charge in [-0.05, 0) is 24.2 Å². The topological polar surface area (TPSA) is 30.5 Å². The highest BCUT2D eigenvalue weighted by molar-refractivity contribution is 4.89. The van der Waals surface area contributed by atoms with Gasteiger partial charge in [-0.25, -0.2) is 0 Å². The van der Waals surface area contributed by atoms with E-state index in [1.165, 1.54) is 25.7 Å². The molecule has 1 aliphatic rings. The molecule has 0 bridgehead atoms. The smallest absolute Gasteiger partial charge is 0.0587 e. The monoisotopic (exact) mass is 243 g/mol. The molecule has 1 rings (SSSR count). The van der Waals surface area contributed by atoms with Crippen LogP contribution in [0.1, 0.15) is 39.5 Å². The molecule has 0 saturated carbocycles. The van der Waals surface area contributed by atoms with E-state index >= 15 is 0 Å². The molecule has 0 spiro atoms. The molecular weight excluding hydrogens is 214 g/mol. The molecule has 0 aromatic rings. The molecule has 1 aliphatic heterocycles. The Bertz CT molecular complexity index is 187. The predicted octanol–water partition coefficient (Wildman–Crippen LogP) is 2.46. The molecule has 0 aromatic heterocycles. The molecule has 0 aromatic carbocycles. The van der Waals surface area contributed by atoms with Gasteiger partial charge < -0.3 is 14.8 Å². The number of ether oxygens (including phenoxy) is 2. The van der Waals surface area contributed by atoms with Crippen molar-refractivity contribution in [3.63, 3.8) is 0 Å². The highest BCUT2D eigenvalue weighted by Crippen LogP contribution is 2.41. The van der Waals surface area contributed by atoms with E-state index < -0.39 is 0 Å². The van der Waals surface area contributed by atoms with Crippen LogP contribution in [-0.4, -0.2) is 40.0 Å². The average Bonchev–Trinajstić information content (AvgIpc) is 2.37. The molecule has 1 N–H and O–H groups in total. The molecule has 0 atom stereocenters. The minimum Gasteiger partial charge on any atom is -0.383 e. The quantitative estimate of drug-likeness (QED) is 0.664. The van der Waals surface area contributed by atoms with Crippen LogP contribution in [0.2, 0.25) is 0 Å². The van der Waals surface area contributed by atoms with Gasteiger partial charge in [-0.2, -0.15) is 0 Å². The Hall–Kier alpha value is -0.120. The molecule has 1 heterocycles. The number of hydrogen-bond donors (Lipinski definition) is 1. The second-order valence-electron chi connectivity index (χ2n) is 5.16. The van der Waals surface area contributed by atoms with Crippen molar-refractivity contribution in [2.24, 2.45) is 11.3 Å². The molecule has 0 amide bonds. The molecular formula is C14H29NO2. The molecule has 3 nitrogen and oxygen atoms in total. The van der Waals surface area contributed by atoms with Crippen molar-refractivity contribution in [3.05, 3.63) is 0 Å². The minimum atomic E-state index is 0.454. The maximum atomic E-state index is 5.54. The van der Waals surface area contributed by atoms with E-state index in [9.17, 15) is 0 Å². The second kappa shape index (κ2) is 8.06. The lowest BCUT2D eigenvalue weighted by molar-refractivity contribution is -0.0210. The molecule has 17 heavy (non-hydrogen) atoms. The summed E-state index contributed by atoms with van der Waals surface area (Å²) in [5.74, 6) is 0.821. The Morgan fingerprint density at radius 1 is 1.24 bits per heavy atom. The van der Waals surface area contributed by atoms with Gasteiger partial charge in [0.2, 0.25) is 0 Å². The van der Waals surface area contributed by atoms with Crippen LogP contribution >= 0.6 is 0 Å². The summed E-state index contributed by atoms with van der Waals surface area (Å²) in [4.78, 5) is 0. The lowest BCUT2D eigenvalue weighted by Crippen LogP contribution is -2.45. The van der Waals surface area contributed by atoms with Crippen LogP contribution < -0.4 is 5.32 Å². The van der Waals surface area contributed by atoms with Crippen LogP contribution in [0.25, 0.3) is 0 Å². The first kappa shape index (κ1) is 14.9. The van der Waals surface area contributed by atoms with Gasteiger partial charge in [-0.15, -0.1) is 0 Å². The minimum absolute atomic E-state index is 0.454. The standard InChI is InChI=1S/C14H29NO2/c1-4-13(5-2)14(6-9-17-10-7-14)12-15-8-11-16-3/h13,15H,4-12H2,1-3H3. The van der Waals surface area contributed by atoms with Gasteiger partial charge in [0, 0.05) is 33.4 Å². The van der Waals surface area contributed by atoms with Crippen LogP contribution in [0.4, 0.5) is 0 Å². The Kier molecular flexibility index (Phi) is 7.09. The van der Waals surface area contributed by atoms with E-state index in [-0.39, 0.29) is 0 Å². The summed E-state index contributed by atoms with van der Waals surface area (Å²) in [6, 6.07) is 0. The molecule has 1 saturated heterocycles. The first-order valence-electron chi connectivity index (χ1n) is 7.06. The predicted molar refractivity (Wildman–Crippen MR) is 71.3 cm³/mol.